The molecule has 0 saturated heterocycles. The Kier molecular flexibility index (Phi) is 4.53. The van der Waals surface area contributed by atoms with Gasteiger partial charge in [-0.2, -0.15) is 16.7 Å². The second-order valence-electron chi connectivity index (χ2n) is 7.29. The summed E-state index contributed by atoms with van der Waals surface area (Å²) in [5.41, 5.74) is 2.68. The predicted octanol–water partition coefficient (Wildman–Crippen LogP) is 3.66. The van der Waals surface area contributed by atoms with E-state index in [0.29, 0.717) is 0 Å². The Morgan fingerprint density at radius 3 is 2.85 bits per heavy atom. The molecule has 4 heterocycles. The molecule has 0 aliphatic carbocycles. The average Bonchev–Trinajstić information content (AvgIpc) is 3.13. The van der Waals surface area contributed by atoms with Gasteiger partial charge in [-0.05, 0) is 67.8 Å². The van der Waals surface area contributed by atoms with Crippen LogP contribution >= 0.6 is 11.8 Å². The van der Waals surface area contributed by atoms with Crippen molar-refractivity contribution in [3.05, 3.63) is 75.9 Å². The Labute approximate surface area is 158 Å². The minimum atomic E-state index is -0.720. The minimum Gasteiger partial charge on any atom is -0.458 e. The van der Waals surface area contributed by atoms with Gasteiger partial charge in [0.05, 0.1) is 6.04 Å². The molecule has 5 nitrogen and oxygen atoms in total. The molecule has 4 rings (SSSR count). The number of fused-ring (bicyclic) bond motifs is 1. The third kappa shape index (κ3) is 3.14. The molecule has 0 aromatic carbocycles. The molecular formula is C20H23N3O2S. The van der Waals surface area contributed by atoms with Gasteiger partial charge in [-0.1, -0.05) is 17.3 Å². The average molecular weight is 369 g/mol. The van der Waals surface area contributed by atoms with Gasteiger partial charge in [0.25, 0.3) is 0 Å². The van der Waals surface area contributed by atoms with Crippen molar-refractivity contribution >= 4 is 11.8 Å². The number of rotatable bonds is 4. The van der Waals surface area contributed by atoms with E-state index in [1.54, 1.807) is 0 Å². The summed E-state index contributed by atoms with van der Waals surface area (Å²) in [5, 5.41) is 9.86. The van der Waals surface area contributed by atoms with Crippen LogP contribution in [0.4, 0.5) is 0 Å². The first kappa shape index (κ1) is 17.2. The number of nitroso groups, excluding NO2 is 1. The molecule has 2 N–H and O–H groups in total. The second-order valence-corrected chi connectivity index (χ2v) is 8.44. The smallest absolute Gasteiger partial charge is 0.138 e. The number of dihydropyridines is 2. The molecule has 0 amide bonds. The van der Waals surface area contributed by atoms with Gasteiger partial charge in [0.1, 0.15) is 23.1 Å². The highest BCUT2D eigenvalue weighted by Gasteiger charge is 2.33. The molecule has 26 heavy (non-hydrogen) atoms. The summed E-state index contributed by atoms with van der Waals surface area (Å²) in [6.45, 7) is 3.67. The van der Waals surface area contributed by atoms with E-state index >= 15 is 0 Å². The number of hydrogen-bond donors (Lipinski definition) is 2. The van der Waals surface area contributed by atoms with Gasteiger partial charge in [-0.15, -0.1) is 0 Å². The molecule has 0 saturated carbocycles. The number of thioether (sulfide) groups is 1. The Bertz CT molecular complexity index is 802. The maximum atomic E-state index is 11.2. The van der Waals surface area contributed by atoms with Crippen molar-refractivity contribution in [3.63, 3.8) is 0 Å². The number of nitrogens with zero attached hydrogens (tertiary/aromatic N) is 1. The third-order valence-electron chi connectivity index (χ3n) is 5.08. The third-order valence-corrected chi connectivity index (χ3v) is 5.98. The number of nitrogens with one attached hydrogen (secondary N) is 2. The van der Waals surface area contributed by atoms with E-state index in [4.69, 9.17) is 4.74 Å². The lowest BCUT2D eigenvalue weighted by Gasteiger charge is -2.29. The van der Waals surface area contributed by atoms with Crippen molar-refractivity contribution in [1.29, 1.82) is 0 Å². The summed E-state index contributed by atoms with van der Waals surface area (Å²) in [5.74, 6) is 4.09. The quantitative estimate of drug-likeness (QED) is 0.741. The molecule has 4 aliphatic heterocycles. The first-order valence-corrected chi connectivity index (χ1v) is 10.1. The number of ether oxygens (including phenoxy) is 1. The lowest BCUT2D eigenvalue weighted by molar-refractivity contribution is 0.313. The highest BCUT2D eigenvalue weighted by molar-refractivity contribution is 7.99. The lowest BCUT2D eigenvalue weighted by Crippen LogP contribution is -2.43. The monoisotopic (exact) mass is 369 g/mol. The summed E-state index contributed by atoms with van der Waals surface area (Å²) in [7, 11) is 0. The SMILES string of the molecule is CC(C)(N=O)C1C=C(C2=C3OC(C4=CCSCC4)=CC3NC=C2)C=CN1. The van der Waals surface area contributed by atoms with Crippen molar-refractivity contribution < 1.29 is 4.74 Å². The normalized spacial score (nSPS) is 27.5. The van der Waals surface area contributed by atoms with Crippen molar-refractivity contribution in [1.82, 2.24) is 10.6 Å². The maximum Gasteiger partial charge on any atom is 0.138 e. The van der Waals surface area contributed by atoms with Crippen molar-refractivity contribution in [3.8, 4) is 0 Å². The van der Waals surface area contributed by atoms with Crippen LogP contribution < -0.4 is 10.6 Å². The van der Waals surface area contributed by atoms with Crippen molar-refractivity contribution in [2.24, 2.45) is 5.18 Å². The van der Waals surface area contributed by atoms with Gasteiger partial charge in [-0.25, -0.2) is 0 Å². The molecule has 4 aliphatic rings. The fourth-order valence-corrected chi connectivity index (χ4v) is 4.29. The molecule has 6 heteroatoms. The zero-order chi connectivity index (χ0) is 18.1. The molecular weight excluding hydrogens is 346 g/mol. The minimum absolute atomic E-state index is 0.0559. The fourth-order valence-electron chi connectivity index (χ4n) is 3.44. The highest BCUT2D eigenvalue weighted by atomic mass is 32.2. The summed E-state index contributed by atoms with van der Waals surface area (Å²) in [6, 6.07) is -0.0953. The molecule has 136 valence electrons. The molecule has 0 radical (unpaired) electrons. The Hall–Kier alpha value is -2.21. The maximum absolute atomic E-state index is 11.2. The van der Waals surface area contributed by atoms with E-state index < -0.39 is 5.54 Å². The molecule has 2 unspecified atom stereocenters. The largest absolute Gasteiger partial charge is 0.458 e. The topological polar surface area (TPSA) is 62.7 Å². The van der Waals surface area contributed by atoms with E-state index in [0.717, 1.165) is 40.6 Å². The summed E-state index contributed by atoms with van der Waals surface area (Å²) >= 11 is 1.95. The molecule has 0 fully saturated rings. The Morgan fingerprint density at radius 2 is 2.08 bits per heavy atom. The molecule has 2 atom stereocenters. The van der Waals surface area contributed by atoms with E-state index in [1.165, 1.54) is 5.57 Å². The van der Waals surface area contributed by atoms with E-state index in [1.807, 2.05) is 50.2 Å². The van der Waals surface area contributed by atoms with Crippen molar-refractivity contribution in [2.45, 2.75) is 37.9 Å². The van der Waals surface area contributed by atoms with Gasteiger partial charge in [0.2, 0.25) is 0 Å². The van der Waals surface area contributed by atoms with Crippen LogP contribution in [-0.4, -0.2) is 29.1 Å². The lowest BCUT2D eigenvalue weighted by atomic mass is 9.89. The van der Waals surface area contributed by atoms with Crippen molar-refractivity contribution in [2.75, 3.05) is 11.5 Å². The zero-order valence-corrected chi connectivity index (χ0v) is 15.8. The van der Waals surface area contributed by atoms with Crippen LogP contribution in [0.25, 0.3) is 0 Å². The van der Waals surface area contributed by atoms with Gasteiger partial charge >= 0.3 is 0 Å². The first-order chi connectivity index (χ1) is 12.6. The van der Waals surface area contributed by atoms with Crippen LogP contribution in [0.2, 0.25) is 0 Å². The number of allylic oxidation sites excluding steroid dienone is 5. The standard InChI is InChI=1S/C20H23N3O2S/c1-20(2,23-24)18-11-14(3-7-22-18)15-4-8-21-16-12-17(25-19(15)16)13-5-9-26-10-6-13/h3-5,7-8,11-12,16,18,21-22H,6,9-10H2,1-2H3. The van der Waals surface area contributed by atoms with Crippen LogP contribution in [-0.2, 0) is 4.74 Å². The van der Waals surface area contributed by atoms with E-state index in [9.17, 15) is 4.91 Å². The van der Waals surface area contributed by atoms with Gasteiger partial charge in [-0.3, -0.25) is 0 Å². The Balaban J connectivity index is 1.64. The van der Waals surface area contributed by atoms with Gasteiger partial charge in [0, 0.05) is 11.3 Å². The summed E-state index contributed by atoms with van der Waals surface area (Å²) < 4.78 is 6.29. The highest BCUT2D eigenvalue weighted by Crippen LogP contribution is 2.37. The molecule has 0 aromatic rings. The van der Waals surface area contributed by atoms with Crippen LogP contribution in [0.1, 0.15) is 20.3 Å². The summed E-state index contributed by atoms with van der Waals surface area (Å²) in [4.78, 5) is 11.2. The van der Waals surface area contributed by atoms with Crippen LogP contribution in [0, 0.1) is 4.91 Å². The molecule has 0 bridgehead atoms. The van der Waals surface area contributed by atoms with Crippen LogP contribution in [0.5, 0.6) is 0 Å². The Morgan fingerprint density at radius 1 is 1.23 bits per heavy atom. The summed E-state index contributed by atoms with van der Waals surface area (Å²) in [6.07, 6.45) is 15.4. The fraction of sp³-hybridized carbons (Fsp3) is 0.400. The van der Waals surface area contributed by atoms with E-state index in [2.05, 4.69) is 34.0 Å². The zero-order valence-electron chi connectivity index (χ0n) is 15.0. The second kappa shape index (κ2) is 6.83. The first-order valence-electron chi connectivity index (χ1n) is 8.91. The predicted molar refractivity (Wildman–Crippen MR) is 106 cm³/mol. The van der Waals surface area contributed by atoms with Crippen LogP contribution in [0.3, 0.4) is 0 Å². The number of hydrogen-bond acceptors (Lipinski definition) is 6. The van der Waals surface area contributed by atoms with Crippen LogP contribution in [0.15, 0.2) is 76.2 Å². The molecule has 0 aromatic heterocycles. The molecule has 0 spiro atoms. The van der Waals surface area contributed by atoms with E-state index in [-0.39, 0.29) is 12.1 Å². The van der Waals surface area contributed by atoms with Gasteiger partial charge in [0.15, 0.2) is 0 Å². The van der Waals surface area contributed by atoms with Gasteiger partial charge < -0.3 is 15.4 Å².